The molecule has 1 N–H and O–H groups in total. The van der Waals surface area contributed by atoms with Crippen LogP contribution in [-0.4, -0.2) is 30.4 Å². The fourth-order valence-corrected chi connectivity index (χ4v) is 1.87. The lowest BCUT2D eigenvalue weighted by atomic mass is 10.3. The van der Waals surface area contributed by atoms with E-state index in [-0.39, 0.29) is 18.1 Å². The van der Waals surface area contributed by atoms with Crippen molar-refractivity contribution in [1.29, 1.82) is 0 Å². The minimum absolute atomic E-state index is 0.142. The zero-order valence-corrected chi connectivity index (χ0v) is 11.8. The van der Waals surface area contributed by atoms with E-state index in [9.17, 15) is 14.9 Å². The Morgan fingerprint density at radius 3 is 2.86 bits per heavy atom. The molecule has 0 aliphatic rings. The van der Waals surface area contributed by atoms with Crippen LogP contribution in [0.3, 0.4) is 0 Å². The second kappa shape index (κ2) is 6.16. The van der Waals surface area contributed by atoms with Gasteiger partial charge in [-0.2, -0.15) is 9.78 Å². The molecule has 0 unspecified atom stereocenters. The van der Waals surface area contributed by atoms with E-state index in [1.54, 1.807) is 24.9 Å². The number of aryl methyl sites for hydroxylation is 3. The third-order valence-electron chi connectivity index (χ3n) is 2.95. The molecule has 0 aromatic carbocycles. The van der Waals surface area contributed by atoms with Gasteiger partial charge in [0.2, 0.25) is 5.91 Å². The maximum atomic E-state index is 11.7. The van der Waals surface area contributed by atoms with E-state index in [1.807, 2.05) is 6.20 Å². The lowest BCUT2D eigenvalue weighted by Crippen LogP contribution is -2.24. The summed E-state index contributed by atoms with van der Waals surface area (Å²) in [6.07, 6.45) is 3.71. The SMILES string of the molecule is Cc1cc([N+](=O)[O-])nn1CCC(=O)NCc1cnn(C)c1. The van der Waals surface area contributed by atoms with Crippen LogP contribution >= 0.6 is 0 Å². The highest BCUT2D eigenvalue weighted by Crippen LogP contribution is 2.11. The molecule has 0 saturated heterocycles. The van der Waals surface area contributed by atoms with E-state index in [2.05, 4.69) is 15.5 Å². The number of nitrogens with zero attached hydrogens (tertiary/aromatic N) is 5. The van der Waals surface area contributed by atoms with Crippen molar-refractivity contribution in [2.75, 3.05) is 0 Å². The van der Waals surface area contributed by atoms with E-state index in [1.165, 1.54) is 10.7 Å². The van der Waals surface area contributed by atoms with Crippen molar-refractivity contribution in [3.63, 3.8) is 0 Å². The highest BCUT2D eigenvalue weighted by molar-refractivity contribution is 5.75. The summed E-state index contributed by atoms with van der Waals surface area (Å²) in [5.41, 5.74) is 1.57. The molecule has 0 fully saturated rings. The van der Waals surface area contributed by atoms with Crippen LogP contribution in [0.5, 0.6) is 0 Å². The Balaban J connectivity index is 1.82. The predicted molar refractivity (Wildman–Crippen MR) is 73.3 cm³/mol. The maximum absolute atomic E-state index is 11.7. The number of hydrogen-bond donors (Lipinski definition) is 1. The first-order valence-corrected chi connectivity index (χ1v) is 6.39. The van der Waals surface area contributed by atoms with Crippen molar-refractivity contribution < 1.29 is 9.72 Å². The van der Waals surface area contributed by atoms with Crippen LogP contribution in [0, 0.1) is 17.0 Å². The van der Waals surface area contributed by atoms with Gasteiger partial charge in [-0.05, 0) is 11.8 Å². The summed E-state index contributed by atoms with van der Waals surface area (Å²) < 4.78 is 3.12. The lowest BCUT2D eigenvalue weighted by molar-refractivity contribution is -0.389. The summed E-state index contributed by atoms with van der Waals surface area (Å²) in [6, 6.07) is 1.38. The second-order valence-corrected chi connectivity index (χ2v) is 4.67. The molecule has 0 saturated carbocycles. The Morgan fingerprint density at radius 1 is 1.52 bits per heavy atom. The Hall–Kier alpha value is -2.71. The van der Waals surface area contributed by atoms with Gasteiger partial charge in [-0.15, -0.1) is 0 Å². The first kappa shape index (κ1) is 14.7. The molecular weight excluding hydrogens is 276 g/mol. The number of carbonyl (C=O) groups excluding carboxylic acids is 1. The first-order valence-electron chi connectivity index (χ1n) is 6.39. The van der Waals surface area contributed by atoms with Crippen LogP contribution in [0.15, 0.2) is 18.5 Å². The minimum Gasteiger partial charge on any atom is -0.358 e. The molecule has 0 aliphatic carbocycles. The summed E-state index contributed by atoms with van der Waals surface area (Å²) in [4.78, 5) is 21.8. The van der Waals surface area contributed by atoms with Crippen LogP contribution in [-0.2, 0) is 24.9 Å². The monoisotopic (exact) mass is 292 g/mol. The Kier molecular flexibility index (Phi) is 4.31. The molecule has 0 spiro atoms. The third-order valence-corrected chi connectivity index (χ3v) is 2.95. The molecule has 0 atom stereocenters. The topological polar surface area (TPSA) is 108 Å². The number of carbonyl (C=O) groups is 1. The van der Waals surface area contributed by atoms with Crippen LogP contribution in [0.4, 0.5) is 5.82 Å². The molecule has 2 rings (SSSR count). The smallest absolute Gasteiger partial charge is 0.358 e. The van der Waals surface area contributed by atoms with Crippen molar-refractivity contribution in [3.8, 4) is 0 Å². The van der Waals surface area contributed by atoms with Crippen molar-refractivity contribution in [1.82, 2.24) is 24.9 Å². The quantitative estimate of drug-likeness (QED) is 0.617. The van der Waals surface area contributed by atoms with Gasteiger partial charge in [0, 0.05) is 31.8 Å². The van der Waals surface area contributed by atoms with Gasteiger partial charge >= 0.3 is 5.82 Å². The van der Waals surface area contributed by atoms with Crippen molar-refractivity contribution >= 4 is 11.7 Å². The summed E-state index contributed by atoms with van der Waals surface area (Å²) in [5, 5.41) is 21.2. The summed E-state index contributed by atoms with van der Waals surface area (Å²) in [5.74, 6) is -0.348. The van der Waals surface area contributed by atoms with Gasteiger partial charge in [0.1, 0.15) is 0 Å². The highest BCUT2D eigenvalue weighted by atomic mass is 16.6. The van der Waals surface area contributed by atoms with Gasteiger partial charge in [0.05, 0.1) is 29.6 Å². The summed E-state index contributed by atoms with van der Waals surface area (Å²) in [7, 11) is 1.80. The van der Waals surface area contributed by atoms with Gasteiger partial charge in [-0.3, -0.25) is 9.48 Å². The number of nitro groups is 1. The Morgan fingerprint density at radius 2 is 2.29 bits per heavy atom. The minimum atomic E-state index is -0.550. The van der Waals surface area contributed by atoms with Crippen LogP contribution < -0.4 is 5.32 Å². The number of aromatic nitrogens is 4. The summed E-state index contributed by atoms with van der Waals surface area (Å²) in [6.45, 7) is 2.43. The number of rotatable bonds is 6. The van der Waals surface area contributed by atoms with E-state index in [0.717, 1.165) is 5.56 Å². The van der Waals surface area contributed by atoms with Crippen LogP contribution in [0.2, 0.25) is 0 Å². The number of hydrogen-bond acceptors (Lipinski definition) is 5. The summed E-state index contributed by atoms with van der Waals surface area (Å²) >= 11 is 0. The molecule has 2 aromatic heterocycles. The normalized spacial score (nSPS) is 10.6. The third kappa shape index (κ3) is 3.88. The molecule has 2 aromatic rings. The average molecular weight is 292 g/mol. The molecule has 0 aliphatic heterocycles. The standard InChI is InChI=1S/C12H16N6O3/c1-9-5-11(18(20)21)15-17(9)4-3-12(19)13-6-10-7-14-16(2)8-10/h5,7-8H,3-4,6H2,1-2H3,(H,13,19). The zero-order valence-electron chi connectivity index (χ0n) is 11.8. The van der Waals surface area contributed by atoms with Gasteiger partial charge in [0.15, 0.2) is 0 Å². The van der Waals surface area contributed by atoms with E-state index >= 15 is 0 Å². The molecule has 1 amide bonds. The van der Waals surface area contributed by atoms with Gasteiger partial charge in [-0.25, -0.2) is 0 Å². The number of amides is 1. The molecular formula is C12H16N6O3. The molecule has 9 nitrogen and oxygen atoms in total. The lowest BCUT2D eigenvalue weighted by Gasteiger charge is -2.03. The zero-order chi connectivity index (χ0) is 15.4. The molecule has 0 bridgehead atoms. The largest absolute Gasteiger partial charge is 0.390 e. The maximum Gasteiger partial charge on any atom is 0.390 e. The van der Waals surface area contributed by atoms with Crippen molar-refractivity contribution in [3.05, 3.63) is 39.8 Å². The molecule has 112 valence electrons. The van der Waals surface area contributed by atoms with Gasteiger partial charge in [0.25, 0.3) is 0 Å². The highest BCUT2D eigenvalue weighted by Gasteiger charge is 2.15. The van der Waals surface area contributed by atoms with E-state index in [4.69, 9.17) is 0 Å². The van der Waals surface area contributed by atoms with E-state index < -0.39 is 4.92 Å². The Labute approximate surface area is 120 Å². The van der Waals surface area contributed by atoms with Gasteiger partial charge < -0.3 is 15.4 Å². The van der Waals surface area contributed by atoms with E-state index in [0.29, 0.717) is 18.8 Å². The molecule has 9 heteroatoms. The van der Waals surface area contributed by atoms with Crippen LogP contribution in [0.25, 0.3) is 0 Å². The van der Waals surface area contributed by atoms with Crippen molar-refractivity contribution in [2.45, 2.75) is 26.4 Å². The molecule has 21 heavy (non-hydrogen) atoms. The fourth-order valence-electron chi connectivity index (χ4n) is 1.87. The first-order chi connectivity index (χ1) is 9.95. The second-order valence-electron chi connectivity index (χ2n) is 4.67. The van der Waals surface area contributed by atoms with Gasteiger partial charge in [-0.1, -0.05) is 0 Å². The average Bonchev–Trinajstić information content (AvgIpc) is 3.00. The molecule has 2 heterocycles. The van der Waals surface area contributed by atoms with Crippen LogP contribution in [0.1, 0.15) is 17.7 Å². The van der Waals surface area contributed by atoms with Crippen molar-refractivity contribution in [2.24, 2.45) is 7.05 Å². The number of nitrogens with one attached hydrogen (secondary N) is 1. The fraction of sp³-hybridized carbons (Fsp3) is 0.417. The molecule has 0 radical (unpaired) electrons. The predicted octanol–water partition coefficient (Wildman–Crippen LogP) is 0.540. The Bertz CT molecular complexity index is 660.